The van der Waals surface area contributed by atoms with E-state index >= 15 is 0 Å². The number of hydrogen-bond donors (Lipinski definition) is 2. The Bertz CT molecular complexity index is 699. The molecule has 3 N–H and O–H groups in total. The van der Waals surface area contributed by atoms with Gasteiger partial charge in [-0.05, 0) is 37.3 Å². The van der Waals surface area contributed by atoms with Gasteiger partial charge < -0.3 is 20.1 Å². The van der Waals surface area contributed by atoms with Gasteiger partial charge in [-0.15, -0.1) is 0 Å². The van der Waals surface area contributed by atoms with E-state index in [1.165, 1.54) is 31.2 Å². The Hall–Kier alpha value is -2.34. The summed E-state index contributed by atoms with van der Waals surface area (Å²) < 4.78 is 7.64. The standard InChI is InChI=1S/C21H31N3O3/c1-2-3-4-7-13-27-20-12-6-5-9-17(20)10-8-11-18(25)14-24-15-19(21(22)26)23-16-24/h5-6,9,12,15-16,18,25H,2-4,7-8,10-11,13-14H2,1H3,(H2,22,26). The molecule has 0 radical (unpaired) electrons. The van der Waals surface area contributed by atoms with Crippen LogP contribution in [0.3, 0.4) is 0 Å². The van der Waals surface area contributed by atoms with Gasteiger partial charge in [-0.2, -0.15) is 0 Å². The SMILES string of the molecule is CCCCCCOc1ccccc1CCCC(O)Cn1cnc(C(N)=O)c1. The maximum Gasteiger partial charge on any atom is 0.268 e. The van der Waals surface area contributed by atoms with Gasteiger partial charge in [0.05, 0.1) is 19.0 Å². The van der Waals surface area contributed by atoms with Gasteiger partial charge in [0.25, 0.3) is 5.91 Å². The summed E-state index contributed by atoms with van der Waals surface area (Å²) in [6, 6.07) is 8.12. The number of nitrogens with zero attached hydrogens (tertiary/aromatic N) is 2. The Labute approximate surface area is 161 Å². The number of aliphatic hydroxyl groups excluding tert-OH is 1. The average Bonchev–Trinajstić information content (AvgIpc) is 3.11. The lowest BCUT2D eigenvalue weighted by Crippen LogP contribution is -2.15. The number of aliphatic hydroxyl groups is 1. The van der Waals surface area contributed by atoms with Crippen LogP contribution in [0.15, 0.2) is 36.8 Å². The smallest absolute Gasteiger partial charge is 0.268 e. The number of primary amides is 1. The molecule has 1 unspecified atom stereocenters. The highest BCUT2D eigenvalue weighted by Gasteiger charge is 2.10. The fourth-order valence-electron chi connectivity index (χ4n) is 3.01. The van der Waals surface area contributed by atoms with Crippen LogP contribution < -0.4 is 10.5 Å². The van der Waals surface area contributed by atoms with Crippen molar-refractivity contribution in [3.8, 4) is 5.75 Å². The number of nitrogens with two attached hydrogens (primary N) is 1. The van der Waals surface area contributed by atoms with Gasteiger partial charge in [0.15, 0.2) is 0 Å². The van der Waals surface area contributed by atoms with Crippen LogP contribution in [0, 0.1) is 0 Å². The topological polar surface area (TPSA) is 90.4 Å². The normalized spacial score (nSPS) is 12.1. The highest BCUT2D eigenvalue weighted by Crippen LogP contribution is 2.21. The molecule has 2 aromatic rings. The number of carbonyl (C=O) groups is 1. The Morgan fingerprint density at radius 2 is 2.07 bits per heavy atom. The van der Waals surface area contributed by atoms with E-state index in [0.29, 0.717) is 13.0 Å². The van der Waals surface area contributed by atoms with Gasteiger partial charge in [-0.1, -0.05) is 44.4 Å². The number of imidazole rings is 1. The lowest BCUT2D eigenvalue weighted by molar-refractivity contribution is 0.0995. The van der Waals surface area contributed by atoms with Crippen LogP contribution in [0.1, 0.15) is 61.5 Å². The van der Waals surface area contributed by atoms with E-state index in [2.05, 4.69) is 18.0 Å². The molecule has 0 spiro atoms. The first-order chi connectivity index (χ1) is 13.1. The largest absolute Gasteiger partial charge is 0.493 e. The zero-order valence-corrected chi connectivity index (χ0v) is 16.1. The molecule has 1 aromatic heterocycles. The summed E-state index contributed by atoms with van der Waals surface area (Å²) in [7, 11) is 0. The minimum Gasteiger partial charge on any atom is -0.493 e. The number of carbonyl (C=O) groups excluding carboxylic acids is 1. The zero-order valence-electron chi connectivity index (χ0n) is 16.1. The van der Waals surface area contributed by atoms with Gasteiger partial charge in [0, 0.05) is 12.7 Å². The highest BCUT2D eigenvalue weighted by atomic mass is 16.5. The number of aromatic nitrogens is 2. The van der Waals surface area contributed by atoms with Gasteiger partial charge in [0.2, 0.25) is 0 Å². The monoisotopic (exact) mass is 373 g/mol. The molecule has 0 fully saturated rings. The van der Waals surface area contributed by atoms with Crippen LogP contribution >= 0.6 is 0 Å². The molecule has 6 nitrogen and oxygen atoms in total. The molecule has 0 aliphatic carbocycles. The van der Waals surface area contributed by atoms with Crippen LogP contribution in [0.2, 0.25) is 0 Å². The maximum atomic E-state index is 11.1. The third kappa shape index (κ3) is 7.43. The number of unbranched alkanes of at least 4 members (excludes halogenated alkanes) is 3. The van der Waals surface area contributed by atoms with Crippen molar-refractivity contribution < 1.29 is 14.6 Å². The van der Waals surface area contributed by atoms with E-state index in [0.717, 1.165) is 31.6 Å². The molecule has 1 aromatic carbocycles. The fraction of sp³-hybridized carbons (Fsp3) is 0.524. The number of para-hydroxylation sites is 1. The molecule has 0 aliphatic heterocycles. The van der Waals surface area contributed by atoms with Crippen molar-refractivity contribution >= 4 is 5.91 Å². The van der Waals surface area contributed by atoms with Gasteiger partial charge in [-0.3, -0.25) is 4.79 Å². The van der Waals surface area contributed by atoms with Crippen LogP contribution in [0.5, 0.6) is 5.75 Å². The number of hydrogen-bond acceptors (Lipinski definition) is 4. The molecule has 27 heavy (non-hydrogen) atoms. The molecule has 148 valence electrons. The van der Waals surface area contributed by atoms with E-state index < -0.39 is 12.0 Å². The van der Waals surface area contributed by atoms with Crippen LogP contribution in [-0.4, -0.2) is 33.3 Å². The summed E-state index contributed by atoms with van der Waals surface area (Å²) in [6.07, 6.45) is 9.72. The van der Waals surface area contributed by atoms with E-state index in [-0.39, 0.29) is 5.69 Å². The lowest BCUT2D eigenvalue weighted by atomic mass is 10.0. The maximum absolute atomic E-state index is 11.1. The third-order valence-electron chi connectivity index (χ3n) is 4.52. The molecule has 1 amide bonds. The molecule has 6 heteroatoms. The Balaban J connectivity index is 1.74. The average molecular weight is 373 g/mol. The van der Waals surface area contributed by atoms with Crippen LogP contribution in [0.4, 0.5) is 0 Å². The molecule has 0 saturated heterocycles. The number of amides is 1. The lowest BCUT2D eigenvalue weighted by Gasteiger charge is -2.13. The summed E-state index contributed by atoms with van der Waals surface area (Å²) in [6.45, 7) is 3.35. The van der Waals surface area contributed by atoms with E-state index in [1.807, 2.05) is 18.2 Å². The number of rotatable bonds is 13. The van der Waals surface area contributed by atoms with E-state index in [9.17, 15) is 9.90 Å². The first kappa shape index (κ1) is 21.0. The van der Waals surface area contributed by atoms with Gasteiger partial charge in [0.1, 0.15) is 11.4 Å². The second-order valence-corrected chi connectivity index (χ2v) is 6.88. The summed E-state index contributed by atoms with van der Waals surface area (Å²) in [5, 5.41) is 10.2. The van der Waals surface area contributed by atoms with Gasteiger partial charge in [-0.25, -0.2) is 4.98 Å². The third-order valence-corrected chi connectivity index (χ3v) is 4.52. The summed E-state index contributed by atoms with van der Waals surface area (Å²) in [5.74, 6) is 0.388. The molecule has 1 heterocycles. The van der Waals surface area contributed by atoms with Crippen LogP contribution in [-0.2, 0) is 13.0 Å². The highest BCUT2D eigenvalue weighted by molar-refractivity contribution is 5.90. The molecule has 0 saturated carbocycles. The Morgan fingerprint density at radius 1 is 1.26 bits per heavy atom. The van der Waals surface area contributed by atoms with Crippen LogP contribution in [0.25, 0.3) is 0 Å². The molecule has 2 rings (SSSR count). The van der Waals surface area contributed by atoms with E-state index in [1.54, 1.807) is 10.8 Å². The second-order valence-electron chi connectivity index (χ2n) is 6.88. The van der Waals surface area contributed by atoms with Crippen molar-refractivity contribution in [2.24, 2.45) is 5.73 Å². The van der Waals surface area contributed by atoms with Crippen molar-refractivity contribution in [1.29, 1.82) is 0 Å². The molecular weight excluding hydrogens is 342 g/mol. The Kier molecular flexibility index (Phi) is 8.84. The number of aryl methyl sites for hydroxylation is 1. The summed E-state index contributed by atoms with van der Waals surface area (Å²) in [4.78, 5) is 15.0. The predicted octanol–water partition coefficient (Wildman–Crippen LogP) is 3.32. The minimum atomic E-state index is -0.561. The minimum absolute atomic E-state index is 0.215. The number of benzene rings is 1. The van der Waals surface area contributed by atoms with Crippen molar-refractivity contribution in [2.75, 3.05) is 6.61 Å². The molecule has 1 atom stereocenters. The van der Waals surface area contributed by atoms with Crippen molar-refractivity contribution in [3.05, 3.63) is 48.0 Å². The first-order valence-corrected chi connectivity index (χ1v) is 9.80. The quantitative estimate of drug-likeness (QED) is 0.527. The molecule has 0 aliphatic rings. The Morgan fingerprint density at radius 3 is 2.81 bits per heavy atom. The zero-order chi connectivity index (χ0) is 19.5. The molecule has 0 bridgehead atoms. The van der Waals surface area contributed by atoms with Crippen molar-refractivity contribution in [1.82, 2.24) is 9.55 Å². The number of ether oxygens (including phenoxy) is 1. The molecular formula is C21H31N3O3. The van der Waals surface area contributed by atoms with E-state index in [4.69, 9.17) is 10.5 Å². The summed E-state index contributed by atoms with van der Waals surface area (Å²) >= 11 is 0. The predicted molar refractivity (Wildman–Crippen MR) is 106 cm³/mol. The second kappa shape index (κ2) is 11.4. The van der Waals surface area contributed by atoms with Crippen molar-refractivity contribution in [3.63, 3.8) is 0 Å². The summed E-state index contributed by atoms with van der Waals surface area (Å²) in [5.41, 5.74) is 6.58. The van der Waals surface area contributed by atoms with Crippen molar-refractivity contribution in [2.45, 2.75) is 64.5 Å². The first-order valence-electron chi connectivity index (χ1n) is 9.80. The fourth-order valence-corrected chi connectivity index (χ4v) is 3.01. The van der Waals surface area contributed by atoms with Gasteiger partial charge >= 0.3 is 0 Å².